The second kappa shape index (κ2) is 4.51. The lowest BCUT2D eigenvalue weighted by Gasteiger charge is -2.41. The Hall–Kier alpha value is -0.940. The van der Waals surface area contributed by atoms with Crippen LogP contribution in [0.25, 0.3) is 0 Å². The van der Waals surface area contributed by atoms with Crippen molar-refractivity contribution in [2.24, 2.45) is 5.92 Å². The Bertz CT molecular complexity index is 396. The molecule has 2 rings (SSSR count). The fourth-order valence-electron chi connectivity index (χ4n) is 2.19. The van der Waals surface area contributed by atoms with Crippen LogP contribution in [0.3, 0.4) is 0 Å². The van der Waals surface area contributed by atoms with E-state index in [1.165, 1.54) is 16.9 Å². The molecule has 0 unspecified atom stereocenters. The zero-order valence-corrected chi connectivity index (χ0v) is 10.7. The number of hydrogen-bond acceptors (Lipinski definition) is 2. The van der Waals surface area contributed by atoms with Gasteiger partial charge in [-0.1, -0.05) is 31.0 Å². The average Bonchev–Trinajstić information content (AvgIpc) is 2.26. The Morgan fingerprint density at radius 2 is 2.00 bits per heavy atom. The summed E-state index contributed by atoms with van der Waals surface area (Å²) in [5.41, 5.74) is 1.27. The molecule has 0 aromatic heterocycles. The van der Waals surface area contributed by atoms with Crippen molar-refractivity contribution in [3.8, 4) is 6.07 Å². The maximum absolute atomic E-state index is 9.29. The fourth-order valence-corrected chi connectivity index (χ4v) is 3.60. The van der Waals surface area contributed by atoms with Gasteiger partial charge in [0, 0.05) is 4.90 Å². The number of aryl methyl sites for hydroxylation is 1. The molecule has 0 saturated heterocycles. The van der Waals surface area contributed by atoms with Gasteiger partial charge >= 0.3 is 0 Å². The van der Waals surface area contributed by atoms with Crippen LogP contribution in [-0.2, 0) is 0 Å². The first-order valence-electron chi connectivity index (χ1n) is 5.84. The lowest BCUT2D eigenvalue weighted by Crippen LogP contribution is -2.39. The molecule has 0 radical (unpaired) electrons. The van der Waals surface area contributed by atoms with E-state index in [2.05, 4.69) is 44.2 Å². The summed E-state index contributed by atoms with van der Waals surface area (Å²) in [6.07, 6.45) is 3.31. The van der Waals surface area contributed by atoms with Gasteiger partial charge in [0.1, 0.15) is 4.75 Å². The first-order valence-corrected chi connectivity index (χ1v) is 6.66. The molecule has 1 saturated carbocycles. The lowest BCUT2D eigenvalue weighted by atomic mass is 9.73. The SMILES string of the molecule is CCC1CC(C#N)(Sc2ccc(C)cc2)C1. The molecule has 1 aromatic carbocycles. The van der Waals surface area contributed by atoms with Gasteiger partial charge in [0.25, 0.3) is 0 Å². The Labute approximate surface area is 102 Å². The molecule has 0 aliphatic heterocycles. The molecule has 1 aromatic rings. The molecule has 1 aliphatic rings. The smallest absolute Gasteiger partial charge is 0.108 e. The van der Waals surface area contributed by atoms with Crippen molar-refractivity contribution in [3.63, 3.8) is 0 Å². The zero-order chi connectivity index (χ0) is 11.6. The standard InChI is InChI=1S/C14H17NS/c1-3-12-8-14(9-12,10-15)16-13-6-4-11(2)5-7-13/h4-7,12H,3,8-9H2,1-2H3. The third-order valence-corrected chi connectivity index (χ3v) is 4.68. The van der Waals surface area contributed by atoms with Gasteiger partial charge in [-0.2, -0.15) is 5.26 Å². The van der Waals surface area contributed by atoms with E-state index in [-0.39, 0.29) is 4.75 Å². The van der Waals surface area contributed by atoms with Crippen molar-refractivity contribution in [1.82, 2.24) is 0 Å². The van der Waals surface area contributed by atoms with Crippen LogP contribution >= 0.6 is 11.8 Å². The Kier molecular flexibility index (Phi) is 3.25. The summed E-state index contributed by atoms with van der Waals surface area (Å²) in [5.74, 6) is 0.762. The molecular formula is C14H17NS. The van der Waals surface area contributed by atoms with Gasteiger partial charge in [-0.05, 0) is 37.8 Å². The highest BCUT2D eigenvalue weighted by atomic mass is 32.2. The zero-order valence-electron chi connectivity index (χ0n) is 9.86. The number of hydrogen-bond donors (Lipinski definition) is 0. The second-order valence-corrected chi connectivity index (χ2v) is 6.16. The summed E-state index contributed by atoms with van der Waals surface area (Å²) in [4.78, 5) is 1.22. The monoisotopic (exact) mass is 231 g/mol. The molecule has 1 aliphatic carbocycles. The normalized spacial score (nSPS) is 28.2. The number of nitriles is 1. The van der Waals surface area contributed by atoms with Crippen molar-refractivity contribution in [1.29, 1.82) is 5.26 Å². The number of thioether (sulfide) groups is 1. The topological polar surface area (TPSA) is 23.8 Å². The first-order chi connectivity index (χ1) is 7.67. The van der Waals surface area contributed by atoms with Crippen LogP contribution in [0.2, 0.25) is 0 Å². The van der Waals surface area contributed by atoms with Gasteiger partial charge in [-0.25, -0.2) is 0 Å². The summed E-state index contributed by atoms with van der Waals surface area (Å²) in [5, 5.41) is 9.29. The molecule has 0 N–H and O–H groups in total. The molecular weight excluding hydrogens is 214 g/mol. The maximum atomic E-state index is 9.29. The van der Waals surface area contributed by atoms with Crippen molar-refractivity contribution in [2.45, 2.75) is 42.8 Å². The van der Waals surface area contributed by atoms with Crippen LogP contribution in [-0.4, -0.2) is 4.75 Å². The molecule has 0 spiro atoms. The van der Waals surface area contributed by atoms with Gasteiger partial charge < -0.3 is 0 Å². The molecule has 1 nitrogen and oxygen atoms in total. The molecule has 0 atom stereocenters. The van der Waals surface area contributed by atoms with E-state index in [9.17, 15) is 5.26 Å². The number of nitrogens with zero attached hydrogens (tertiary/aromatic N) is 1. The molecule has 84 valence electrons. The minimum atomic E-state index is -0.143. The van der Waals surface area contributed by atoms with Gasteiger partial charge in [0.2, 0.25) is 0 Å². The van der Waals surface area contributed by atoms with E-state index in [4.69, 9.17) is 0 Å². The third kappa shape index (κ3) is 2.25. The lowest BCUT2D eigenvalue weighted by molar-refractivity contribution is 0.269. The Morgan fingerprint density at radius 3 is 2.50 bits per heavy atom. The highest BCUT2D eigenvalue weighted by molar-refractivity contribution is 8.01. The van der Waals surface area contributed by atoms with Crippen LogP contribution in [0.5, 0.6) is 0 Å². The Morgan fingerprint density at radius 1 is 1.38 bits per heavy atom. The molecule has 0 bridgehead atoms. The summed E-state index contributed by atoms with van der Waals surface area (Å²) in [6.45, 7) is 4.30. The first kappa shape index (κ1) is 11.5. The maximum Gasteiger partial charge on any atom is 0.108 e. The predicted molar refractivity (Wildman–Crippen MR) is 68.4 cm³/mol. The third-order valence-electron chi connectivity index (χ3n) is 3.35. The van der Waals surface area contributed by atoms with E-state index < -0.39 is 0 Å². The van der Waals surface area contributed by atoms with E-state index in [1.54, 1.807) is 11.8 Å². The number of rotatable bonds is 3. The van der Waals surface area contributed by atoms with Crippen LogP contribution in [0.1, 0.15) is 31.7 Å². The van der Waals surface area contributed by atoms with Crippen molar-refractivity contribution >= 4 is 11.8 Å². The quantitative estimate of drug-likeness (QED) is 0.779. The highest BCUT2D eigenvalue weighted by Gasteiger charge is 2.44. The fraction of sp³-hybridized carbons (Fsp3) is 0.500. The van der Waals surface area contributed by atoms with Gasteiger partial charge in [0.05, 0.1) is 6.07 Å². The van der Waals surface area contributed by atoms with Crippen LogP contribution < -0.4 is 0 Å². The van der Waals surface area contributed by atoms with Crippen molar-refractivity contribution in [2.75, 3.05) is 0 Å². The highest BCUT2D eigenvalue weighted by Crippen LogP contribution is 2.51. The molecule has 1 fully saturated rings. The van der Waals surface area contributed by atoms with Crippen molar-refractivity contribution < 1.29 is 0 Å². The summed E-state index contributed by atoms with van der Waals surface area (Å²) < 4.78 is -0.143. The summed E-state index contributed by atoms with van der Waals surface area (Å²) >= 11 is 1.74. The molecule has 0 amide bonds. The largest absolute Gasteiger partial charge is 0.197 e. The van der Waals surface area contributed by atoms with Gasteiger partial charge in [-0.3, -0.25) is 0 Å². The van der Waals surface area contributed by atoms with Crippen molar-refractivity contribution in [3.05, 3.63) is 29.8 Å². The minimum absolute atomic E-state index is 0.143. The predicted octanol–water partition coefficient (Wildman–Crippen LogP) is 4.17. The summed E-state index contributed by atoms with van der Waals surface area (Å²) in [6, 6.07) is 11.0. The van der Waals surface area contributed by atoms with Crippen LogP contribution in [0, 0.1) is 24.2 Å². The molecule has 16 heavy (non-hydrogen) atoms. The second-order valence-electron chi connectivity index (χ2n) is 4.70. The molecule has 2 heteroatoms. The summed E-state index contributed by atoms with van der Waals surface area (Å²) in [7, 11) is 0. The van der Waals surface area contributed by atoms with E-state index in [1.807, 2.05) is 0 Å². The van der Waals surface area contributed by atoms with E-state index >= 15 is 0 Å². The van der Waals surface area contributed by atoms with Gasteiger partial charge in [-0.15, -0.1) is 11.8 Å². The minimum Gasteiger partial charge on any atom is -0.197 e. The Balaban J connectivity index is 2.04. The van der Waals surface area contributed by atoms with Crippen LogP contribution in [0.15, 0.2) is 29.2 Å². The molecule has 0 heterocycles. The van der Waals surface area contributed by atoms with Crippen LogP contribution in [0.4, 0.5) is 0 Å². The van der Waals surface area contributed by atoms with E-state index in [0.29, 0.717) is 0 Å². The average molecular weight is 231 g/mol. The van der Waals surface area contributed by atoms with Gasteiger partial charge in [0.15, 0.2) is 0 Å². The number of benzene rings is 1. The van der Waals surface area contributed by atoms with E-state index in [0.717, 1.165) is 18.8 Å².